The van der Waals surface area contributed by atoms with Gasteiger partial charge in [-0.2, -0.15) is 0 Å². The van der Waals surface area contributed by atoms with Gasteiger partial charge in [0.2, 0.25) is 0 Å². The van der Waals surface area contributed by atoms with Crippen molar-refractivity contribution >= 4 is 40.4 Å². The minimum Gasteiger partial charge on any atom is -0.358 e. The van der Waals surface area contributed by atoms with Gasteiger partial charge >= 0.3 is 5.84 Å². The highest BCUT2D eigenvalue weighted by Crippen LogP contribution is 2.28. The zero-order valence-corrected chi connectivity index (χ0v) is 12.5. The molecule has 0 atom stereocenters. The number of hydrazone groups is 1. The minimum absolute atomic E-state index is 0.222. The second kappa shape index (κ2) is 6.56. The molecule has 0 spiro atoms. The van der Waals surface area contributed by atoms with Gasteiger partial charge in [-0.1, -0.05) is 23.2 Å². The first-order valence-corrected chi connectivity index (χ1v) is 6.74. The zero-order valence-electron chi connectivity index (χ0n) is 11.0. The highest BCUT2D eigenvalue weighted by Gasteiger charge is 2.16. The Bertz CT molecular complexity index is 624. The molecule has 0 radical (unpaired) electrons. The van der Waals surface area contributed by atoms with E-state index in [9.17, 15) is 10.1 Å². The molecule has 21 heavy (non-hydrogen) atoms. The lowest BCUT2D eigenvalue weighted by molar-refractivity contribution is -0.351. The molecule has 5 nitrogen and oxygen atoms in total. The van der Waals surface area contributed by atoms with Gasteiger partial charge in [-0.15, -0.1) is 5.01 Å². The van der Waals surface area contributed by atoms with Gasteiger partial charge in [-0.05, 0) is 53.5 Å². The Morgan fingerprint density at radius 3 is 1.71 bits per heavy atom. The van der Waals surface area contributed by atoms with Crippen LogP contribution in [-0.4, -0.2) is 10.8 Å². The number of rotatable bonds is 3. The fraction of sp³-hybridized carbons (Fsp3) is 0.0714. The molecule has 0 unspecified atom stereocenters. The van der Waals surface area contributed by atoms with Crippen molar-refractivity contribution in [1.82, 2.24) is 0 Å². The number of halogens is 2. The summed E-state index contributed by atoms with van der Waals surface area (Å²) in [5, 5.41) is 17.5. The Morgan fingerprint density at radius 1 is 1.00 bits per heavy atom. The van der Waals surface area contributed by atoms with E-state index in [2.05, 4.69) is 5.10 Å². The maximum Gasteiger partial charge on any atom is 0.361 e. The molecule has 2 rings (SSSR count). The quantitative estimate of drug-likeness (QED) is 0.354. The Hall–Kier alpha value is -2.11. The average Bonchev–Trinajstić information content (AvgIpc) is 2.46. The third-order valence-corrected chi connectivity index (χ3v) is 3.16. The number of nitro groups is 1. The molecule has 0 saturated heterocycles. The van der Waals surface area contributed by atoms with E-state index in [0.717, 1.165) is 0 Å². The molecule has 2 aromatic carbocycles. The molecule has 7 heteroatoms. The summed E-state index contributed by atoms with van der Waals surface area (Å²) in [6.07, 6.45) is 0. The fourth-order valence-electron chi connectivity index (χ4n) is 1.61. The summed E-state index contributed by atoms with van der Waals surface area (Å²) in [7, 11) is 0. The monoisotopic (exact) mass is 323 g/mol. The van der Waals surface area contributed by atoms with E-state index in [1.165, 1.54) is 11.9 Å². The van der Waals surface area contributed by atoms with Crippen molar-refractivity contribution in [3.63, 3.8) is 0 Å². The number of benzene rings is 2. The van der Waals surface area contributed by atoms with E-state index in [4.69, 9.17) is 23.2 Å². The fourth-order valence-corrected chi connectivity index (χ4v) is 1.86. The van der Waals surface area contributed by atoms with Crippen LogP contribution in [0.3, 0.4) is 0 Å². The Labute approximate surface area is 131 Å². The van der Waals surface area contributed by atoms with Crippen LogP contribution in [0.2, 0.25) is 10.0 Å². The first-order chi connectivity index (χ1) is 9.97. The van der Waals surface area contributed by atoms with Crippen molar-refractivity contribution in [3.8, 4) is 0 Å². The lowest BCUT2D eigenvalue weighted by Crippen LogP contribution is -2.16. The van der Waals surface area contributed by atoms with E-state index < -0.39 is 4.92 Å². The second-order valence-corrected chi connectivity index (χ2v) is 5.04. The SMILES string of the molecule is CC(=NN(c1ccc(Cl)cc1)c1ccc(Cl)cc1)[N+](=O)[O-]. The van der Waals surface area contributed by atoms with Crippen LogP contribution in [0.4, 0.5) is 11.4 Å². The van der Waals surface area contributed by atoms with Crippen molar-refractivity contribution < 1.29 is 4.92 Å². The molecule has 0 fully saturated rings. The number of amidine groups is 1. The van der Waals surface area contributed by atoms with Crippen LogP contribution in [0, 0.1) is 10.1 Å². The van der Waals surface area contributed by atoms with E-state index in [1.54, 1.807) is 48.5 Å². The summed E-state index contributed by atoms with van der Waals surface area (Å²) >= 11 is 11.7. The molecule has 2 aromatic rings. The third kappa shape index (κ3) is 3.93. The van der Waals surface area contributed by atoms with Crippen molar-refractivity contribution in [3.05, 3.63) is 68.7 Å². The van der Waals surface area contributed by atoms with Crippen LogP contribution >= 0.6 is 23.2 Å². The predicted molar refractivity (Wildman–Crippen MR) is 85.1 cm³/mol. The standard InChI is InChI=1S/C14H11Cl2N3O2/c1-10(19(20)21)17-18(13-6-2-11(15)3-7-13)14-8-4-12(16)5-9-14/h2-9H,1H3. The van der Waals surface area contributed by atoms with Gasteiger partial charge in [-0.3, -0.25) is 0 Å². The van der Waals surface area contributed by atoms with Crippen LogP contribution < -0.4 is 5.01 Å². The van der Waals surface area contributed by atoms with E-state index in [0.29, 0.717) is 21.4 Å². The van der Waals surface area contributed by atoms with Gasteiger partial charge in [0.25, 0.3) is 0 Å². The minimum atomic E-state index is -0.543. The topological polar surface area (TPSA) is 58.7 Å². The number of anilines is 2. The van der Waals surface area contributed by atoms with Crippen LogP contribution in [0.15, 0.2) is 53.6 Å². The number of nitrogens with zero attached hydrogens (tertiary/aromatic N) is 3. The molecule has 0 aliphatic carbocycles. The first kappa shape index (κ1) is 15.3. The molecule has 0 saturated carbocycles. The second-order valence-electron chi connectivity index (χ2n) is 4.17. The lowest BCUT2D eigenvalue weighted by Gasteiger charge is -2.14. The molecule has 0 aliphatic heterocycles. The summed E-state index contributed by atoms with van der Waals surface area (Å²) in [6.45, 7) is 1.33. The Kier molecular flexibility index (Phi) is 4.77. The van der Waals surface area contributed by atoms with Gasteiger partial charge < -0.3 is 10.1 Å². The van der Waals surface area contributed by atoms with Gasteiger partial charge in [-0.25, -0.2) is 0 Å². The summed E-state index contributed by atoms with van der Waals surface area (Å²) in [4.78, 5) is 10.3. The Balaban J connectivity index is 2.48. The van der Waals surface area contributed by atoms with Crippen molar-refractivity contribution in [2.75, 3.05) is 5.01 Å². The normalized spacial score (nSPS) is 11.3. The summed E-state index contributed by atoms with van der Waals surface area (Å²) < 4.78 is 0. The lowest BCUT2D eigenvalue weighted by atomic mass is 10.2. The summed E-state index contributed by atoms with van der Waals surface area (Å²) in [5.41, 5.74) is 1.31. The van der Waals surface area contributed by atoms with E-state index in [-0.39, 0.29) is 5.84 Å². The molecule has 0 N–H and O–H groups in total. The van der Waals surface area contributed by atoms with Crippen LogP contribution in [-0.2, 0) is 0 Å². The highest BCUT2D eigenvalue weighted by molar-refractivity contribution is 6.31. The molecule has 0 bridgehead atoms. The van der Waals surface area contributed by atoms with E-state index in [1.807, 2.05) is 0 Å². The van der Waals surface area contributed by atoms with Crippen molar-refractivity contribution in [2.24, 2.45) is 5.10 Å². The third-order valence-electron chi connectivity index (χ3n) is 2.65. The highest BCUT2D eigenvalue weighted by atomic mass is 35.5. The summed E-state index contributed by atoms with van der Waals surface area (Å²) in [6, 6.07) is 13.7. The zero-order chi connectivity index (χ0) is 15.4. The molecule has 0 aliphatic rings. The predicted octanol–water partition coefficient (Wildman–Crippen LogP) is 4.74. The molecule has 0 aromatic heterocycles. The Morgan fingerprint density at radius 2 is 1.38 bits per heavy atom. The van der Waals surface area contributed by atoms with Crippen LogP contribution in [0.25, 0.3) is 0 Å². The largest absolute Gasteiger partial charge is 0.361 e. The average molecular weight is 324 g/mol. The van der Waals surface area contributed by atoms with Crippen LogP contribution in [0.5, 0.6) is 0 Å². The van der Waals surface area contributed by atoms with E-state index >= 15 is 0 Å². The molecule has 108 valence electrons. The molecular weight excluding hydrogens is 313 g/mol. The van der Waals surface area contributed by atoms with Crippen molar-refractivity contribution in [2.45, 2.75) is 6.92 Å². The maximum atomic E-state index is 10.8. The number of hydrogen-bond donors (Lipinski definition) is 0. The number of hydrogen-bond acceptors (Lipinski definition) is 4. The van der Waals surface area contributed by atoms with Crippen molar-refractivity contribution in [1.29, 1.82) is 0 Å². The molecule has 0 amide bonds. The summed E-state index contributed by atoms with van der Waals surface area (Å²) in [5.74, 6) is -0.222. The smallest absolute Gasteiger partial charge is 0.358 e. The van der Waals surface area contributed by atoms with Gasteiger partial charge in [0, 0.05) is 17.0 Å². The molecular formula is C14H11Cl2N3O2. The molecule has 0 heterocycles. The van der Waals surface area contributed by atoms with Gasteiger partial charge in [0.05, 0.1) is 16.5 Å². The first-order valence-electron chi connectivity index (χ1n) is 5.98. The van der Waals surface area contributed by atoms with Gasteiger partial charge in [0.1, 0.15) is 0 Å². The maximum absolute atomic E-state index is 10.8. The van der Waals surface area contributed by atoms with Gasteiger partial charge in [0.15, 0.2) is 0 Å². The van der Waals surface area contributed by atoms with Crippen LogP contribution in [0.1, 0.15) is 6.92 Å².